The van der Waals surface area contributed by atoms with Crippen molar-refractivity contribution in [2.45, 2.75) is 321 Å². The van der Waals surface area contributed by atoms with Gasteiger partial charge in [0.1, 0.15) is 0 Å². The molecule has 0 saturated heterocycles. The van der Waals surface area contributed by atoms with Gasteiger partial charge in [-0.05, 0) is 51.4 Å². The van der Waals surface area contributed by atoms with Crippen LogP contribution >= 0.6 is 0 Å². The molecule has 6 nitrogen and oxygen atoms in total. The molecular formula is C56H109NO5. The van der Waals surface area contributed by atoms with Gasteiger partial charge in [0.25, 0.3) is 0 Å². The van der Waals surface area contributed by atoms with Crippen LogP contribution in [0.3, 0.4) is 0 Å². The molecular weight excluding hydrogens is 767 g/mol. The Morgan fingerprint density at radius 2 is 0.758 bits per heavy atom. The molecule has 6 heteroatoms. The van der Waals surface area contributed by atoms with Crippen molar-refractivity contribution >= 4 is 11.9 Å². The summed E-state index contributed by atoms with van der Waals surface area (Å²) in [7, 11) is 0. The number of carbonyl (C=O) groups excluding carboxylic acids is 2. The number of rotatable bonds is 52. The highest BCUT2D eigenvalue weighted by Crippen LogP contribution is 2.17. The number of aliphatic hydroxyl groups is 2. The average molecular weight is 876 g/mol. The highest BCUT2D eigenvalue weighted by Gasteiger charge is 2.20. The van der Waals surface area contributed by atoms with E-state index in [1.807, 2.05) is 0 Å². The summed E-state index contributed by atoms with van der Waals surface area (Å²) in [4.78, 5) is 24.5. The lowest BCUT2D eigenvalue weighted by Crippen LogP contribution is -2.45. The number of carbonyl (C=O) groups is 2. The molecule has 2 atom stereocenters. The van der Waals surface area contributed by atoms with E-state index in [1.165, 1.54) is 205 Å². The molecule has 0 aliphatic heterocycles. The number of aliphatic hydroxyl groups excluding tert-OH is 2. The van der Waals surface area contributed by atoms with E-state index >= 15 is 0 Å². The van der Waals surface area contributed by atoms with Crippen molar-refractivity contribution in [3.05, 3.63) is 12.2 Å². The summed E-state index contributed by atoms with van der Waals surface area (Å²) >= 11 is 0. The van der Waals surface area contributed by atoms with Crippen molar-refractivity contribution in [2.24, 2.45) is 0 Å². The van der Waals surface area contributed by atoms with Crippen LogP contribution < -0.4 is 5.32 Å². The van der Waals surface area contributed by atoms with Gasteiger partial charge < -0.3 is 20.3 Å². The third-order valence-electron chi connectivity index (χ3n) is 13.1. The fraction of sp³-hybridized carbons (Fsp3) is 0.929. The van der Waals surface area contributed by atoms with Gasteiger partial charge in [0.05, 0.1) is 25.4 Å². The first-order chi connectivity index (χ1) is 30.5. The van der Waals surface area contributed by atoms with E-state index in [1.54, 1.807) is 0 Å². The van der Waals surface area contributed by atoms with Gasteiger partial charge in [0.2, 0.25) is 5.91 Å². The number of amides is 1. The molecule has 2 unspecified atom stereocenters. The van der Waals surface area contributed by atoms with E-state index in [0.717, 1.165) is 70.6 Å². The molecule has 0 aromatic carbocycles. The Labute approximate surface area is 387 Å². The molecule has 0 rings (SSSR count). The van der Waals surface area contributed by atoms with E-state index in [0.29, 0.717) is 25.9 Å². The van der Waals surface area contributed by atoms with Gasteiger partial charge in [0, 0.05) is 12.8 Å². The lowest BCUT2D eigenvalue weighted by Gasteiger charge is -2.22. The van der Waals surface area contributed by atoms with Crippen LogP contribution in [-0.4, -0.2) is 47.4 Å². The Morgan fingerprint density at radius 1 is 0.435 bits per heavy atom. The highest BCUT2D eigenvalue weighted by atomic mass is 16.5. The second-order valence-corrected chi connectivity index (χ2v) is 19.3. The number of hydrogen-bond acceptors (Lipinski definition) is 5. The predicted molar refractivity (Wildman–Crippen MR) is 269 cm³/mol. The maximum absolute atomic E-state index is 12.5. The Hall–Kier alpha value is -1.40. The average Bonchev–Trinajstić information content (AvgIpc) is 3.27. The van der Waals surface area contributed by atoms with Crippen molar-refractivity contribution in [3.63, 3.8) is 0 Å². The van der Waals surface area contributed by atoms with Gasteiger partial charge in [0.15, 0.2) is 0 Å². The zero-order valence-corrected chi connectivity index (χ0v) is 41.9. The first kappa shape index (κ1) is 60.6. The Morgan fingerprint density at radius 3 is 1.15 bits per heavy atom. The molecule has 0 saturated carbocycles. The predicted octanol–water partition coefficient (Wildman–Crippen LogP) is 16.9. The monoisotopic (exact) mass is 876 g/mol. The normalized spacial score (nSPS) is 12.6. The molecule has 0 aliphatic carbocycles. The quantitative estimate of drug-likeness (QED) is 0.0321. The molecule has 0 spiro atoms. The summed E-state index contributed by atoms with van der Waals surface area (Å²) in [5.74, 6) is -0.0550. The number of unbranched alkanes of at least 4 members (excludes halogenated alkanes) is 39. The largest absolute Gasteiger partial charge is 0.466 e. The van der Waals surface area contributed by atoms with Gasteiger partial charge in [-0.15, -0.1) is 0 Å². The standard InChI is InChI=1S/C56H109NO5/c1-3-5-7-9-11-13-15-17-20-24-28-32-36-40-44-48-54(59)53(52-58)57-55(60)49-45-41-37-33-29-25-22-19-23-27-31-35-39-43-47-51-62-56(61)50-46-42-38-34-30-26-21-18-16-14-12-10-8-6-4-2/h23,27,53-54,58-59H,3-22,24-26,28-52H2,1-2H3,(H,57,60)/b27-23-. The van der Waals surface area contributed by atoms with Gasteiger partial charge in [-0.3, -0.25) is 9.59 Å². The van der Waals surface area contributed by atoms with Crippen LogP contribution in [0.1, 0.15) is 309 Å². The van der Waals surface area contributed by atoms with Gasteiger partial charge in [-0.25, -0.2) is 0 Å². The lowest BCUT2D eigenvalue weighted by molar-refractivity contribution is -0.143. The van der Waals surface area contributed by atoms with Crippen molar-refractivity contribution in [3.8, 4) is 0 Å². The van der Waals surface area contributed by atoms with Crippen LogP contribution in [-0.2, 0) is 14.3 Å². The minimum Gasteiger partial charge on any atom is -0.466 e. The molecule has 0 bridgehead atoms. The third kappa shape index (κ3) is 48.1. The van der Waals surface area contributed by atoms with Gasteiger partial charge >= 0.3 is 5.97 Å². The summed E-state index contributed by atoms with van der Waals surface area (Å²) in [6.07, 6.45) is 60.5. The molecule has 0 fully saturated rings. The number of allylic oxidation sites excluding steroid dienone is 2. The van der Waals surface area contributed by atoms with Crippen LogP contribution in [0.15, 0.2) is 12.2 Å². The Kier molecular flexibility index (Phi) is 51.0. The van der Waals surface area contributed by atoms with Gasteiger partial charge in [-0.2, -0.15) is 0 Å². The molecule has 1 amide bonds. The Balaban J connectivity index is 3.46. The number of ether oxygens (including phenoxy) is 1. The molecule has 0 radical (unpaired) electrons. The second kappa shape index (κ2) is 52.2. The smallest absolute Gasteiger partial charge is 0.305 e. The summed E-state index contributed by atoms with van der Waals surface area (Å²) < 4.78 is 5.46. The van der Waals surface area contributed by atoms with Crippen LogP contribution in [0.25, 0.3) is 0 Å². The lowest BCUT2D eigenvalue weighted by atomic mass is 10.0. The minimum absolute atomic E-state index is 0.00669. The van der Waals surface area contributed by atoms with Crippen molar-refractivity contribution < 1.29 is 24.5 Å². The molecule has 0 aliphatic rings. The first-order valence-corrected chi connectivity index (χ1v) is 27.9. The van der Waals surface area contributed by atoms with Crippen LogP contribution in [0.2, 0.25) is 0 Å². The fourth-order valence-electron chi connectivity index (χ4n) is 8.75. The number of esters is 1. The molecule has 0 aromatic heterocycles. The molecule has 368 valence electrons. The first-order valence-electron chi connectivity index (χ1n) is 27.9. The van der Waals surface area contributed by atoms with Crippen molar-refractivity contribution in [2.75, 3.05) is 13.2 Å². The summed E-state index contributed by atoms with van der Waals surface area (Å²) in [6, 6.07) is -0.551. The maximum Gasteiger partial charge on any atom is 0.305 e. The summed E-state index contributed by atoms with van der Waals surface area (Å²) in [6.45, 7) is 4.93. The maximum atomic E-state index is 12.5. The Bertz CT molecular complexity index is 924. The van der Waals surface area contributed by atoms with E-state index in [-0.39, 0.29) is 18.5 Å². The topological polar surface area (TPSA) is 95.9 Å². The van der Waals surface area contributed by atoms with Crippen molar-refractivity contribution in [1.82, 2.24) is 5.32 Å². The molecule has 3 N–H and O–H groups in total. The van der Waals surface area contributed by atoms with Crippen LogP contribution in [0.4, 0.5) is 0 Å². The van der Waals surface area contributed by atoms with Crippen LogP contribution in [0.5, 0.6) is 0 Å². The number of hydrogen-bond donors (Lipinski definition) is 3. The zero-order valence-electron chi connectivity index (χ0n) is 41.9. The third-order valence-corrected chi connectivity index (χ3v) is 13.1. The molecule has 62 heavy (non-hydrogen) atoms. The highest BCUT2D eigenvalue weighted by molar-refractivity contribution is 5.76. The van der Waals surface area contributed by atoms with E-state index in [2.05, 4.69) is 31.3 Å². The molecule has 0 heterocycles. The summed E-state index contributed by atoms with van der Waals surface area (Å²) in [5, 5.41) is 23.2. The van der Waals surface area contributed by atoms with Crippen LogP contribution in [0, 0.1) is 0 Å². The van der Waals surface area contributed by atoms with Gasteiger partial charge in [-0.1, -0.05) is 257 Å². The SMILES string of the molecule is CCCCCCCCCCCCCCCCCC(=O)OCCCCCC/C=C\CCCCCCCCCC(=O)NC(CO)C(O)CCCCCCCCCCCCCCCCC. The van der Waals surface area contributed by atoms with E-state index in [9.17, 15) is 19.8 Å². The van der Waals surface area contributed by atoms with Crippen molar-refractivity contribution in [1.29, 1.82) is 0 Å². The zero-order chi connectivity index (χ0) is 45.1. The fourth-order valence-corrected chi connectivity index (χ4v) is 8.75. The van der Waals surface area contributed by atoms with E-state index in [4.69, 9.17) is 4.74 Å². The molecule has 0 aromatic rings. The summed E-state index contributed by atoms with van der Waals surface area (Å²) in [5.41, 5.74) is 0. The minimum atomic E-state index is -0.673. The second-order valence-electron chi connectivity index (χ2n) is 19.3. The number of nitrogens with one attached hydrogen (secondary N) is 1. The van der Waals surface area contributed by atoms with E-state index < -0.39 is 12.1 Å².